The predicted molar refractivity (Wildman–Crippen MR) is 100 cm³/mol. The molecule has 146 valence electrons. The first-order valence-electron chi connectivity index (χ1n) is 8.59. The van der Waals surface area contributed by atoms with Gasteiger partial charge in [0, 0.05) is 51.2 Å². The van der Waals surface area contributed by atoms with Crippen molar-refractivity contribution < 1.29 is 17.9 Å². The zero-order valence-corrected chi connectivity index (χ0v) is 16.1. The number of aryl methyl sites for hydroxylation is 1. The normalized spacial score (nSPS) is 16.0. The summed E-state index contributed by atoms with van der Waals surface area (Å²) < 4.78 is 33.5. The highest BCUT2D eigenvalue weighted by Crippen LogP contribution is 2.19. The van der Waals surface area contributed by atoms with Crippen LogP contribution in [-0.4, -0.2) is 66.7 Å². The first-order chi connectivity index (χ1) is 12.9. The lowest BCUT2D eigenvalue weighted by atomic mass is 10.3. The fraction of sp³-hybridized carbons (Fsp3) is 0.412. The number of rotatable bonds is 4. The summed E-state index contributed by atoms with van der Waals surface area (Å²) >= 11 is 0. The van der Waals surface area contributed by atoms with Crippen LogP contribution in [0.3, 0.4) is 0 Å². The number of carbonyl (C=O) groups excluding carboxylic acids is 1. The first-order valence-corrected chi connectivity index (χ1v) is 10.0. The van der Waals surface area contributed by atoms with Crippen molar-refractivity contribution in [3.05, 3.63) is 36.7 Å². The van der Waals surface area contributed by atoms with Gasteiger partial charge in [0.15, 0.2) is 0 Å². The van der Waals surface area contributed by atoms with E-state index in [1.54, 1.807) is 43.3 Å². The zero-order chi connectivity index (χ0) is 19.4. The van der Waals surface area contributed by atoms with Gasteiger partial charge < -0.3 is 15.0 Å². The number of methoxy groups -OCH3 is 1. The van der Waals surface area contributed by atoms with E-state index in [1.165, 1.54) is 21.4 Å². The largest absolute Gasteiger partial charge is 0.497 e. The molecule has 27 heavy (non-hydrogen) atoms. The van der Waals surface area contributed by atoms with Gasteiger partial charge in [0.2, 0.25) is 10.0 Å². The SMILES string of the molecule is COc1cccc(NC(=O)N2CCCN(S(=O)(=O)c3cnn(C)c3)CC2)c1. The summed E-state index contributed by atoms with van der Waals surface area (Å²) in [6.45, 7) is 1.40. The highest BCUT2D eigenvalue weighted by atomic mass is 32.2. The Labute approximate surface area is 158 Å². The van der Waals surface area contributed by atoms with Crippen molar-refractivity contribution in [2.45, 2.75) is 11.3 Å². The molecule has 0 bridgehead atoms. The molecule has 0 saturated carbocycles. The molecule has 0 radical (unpaired) electrons. The maximum atomic E-state index is 12.7. The number of hydrogen-bond donors (Lipinski definition) is 1. The van der Waals surface area contributed by atoms with Gasteiger partial charge in [-0.1, -0.05) is 6.07 Å². The summed E-state index contributed by atoms with van der Waals surface area (Å²) in [7, 11) is -0.371. The Morgan fingerprint density at radius 3 is 2.74 bits per heavy atom. The molecule has 0 atom stereocenters. The molecule has 1 aliphatic rings. The maximum Gasteiger partial charge on any atom is 0.321 e. The topological polar surface area (TPSA) is 96.8 Å². The van der Waals surface area contributed by atoms with Crippen molar-refractivity contribution in [1.29, 1.82) is 0 Å². The van der Waals surface area contributed by atoms with Gasteiger partial charge in [-0.2, -0.15) is 9.40 Å². The molecule has 0 spiro atoms. The molecule has 3 rings (SSSR count). The maximum absolute atomic E-state index is 12.7. The summed E-state index contributed by atoms with van der Waals surface area (Å²) in [5.41, 5.74) is 0.628. The number of urea groups is 1. The van der Waals surface area contributed by atoms with Gasteiger partial charge in [0.25, 0.3) is 0 Å². The molecule has 1 fully saturated rings. The average Bonchev–Trinajstić information content (AvgIpc) is 2.94. The lowest BCUT2D eigenvalue weighted by Gasteiger charge is -2.22. The lowest BCUT2D eigenvalue weighted by Crippen LogP contribution is -2.39. The Morgan fingerprint density at radius 2 is 2.04 bits per heavy atom. The van der Waals surface area contributed by atoms with E-state index in [2.05, 4.69) is 10.4 Å². The van der Waals surface area contributed by atoms with E-state index in [1.807, 2.05) is 0 Å². The predicted octanol–water partition coefficient (Wildman–Crippen LogP) is 1.36. The van der Waals surface area contributed by atoms with Crippen molar-refractivity contribution in [1.82, 2.24) is 19.0 Å². The Kier molecular flexibility index (Phi) is 5.66. The molecule has 10 heteroatoms. The second kappa shape index (κ2) is 7.97. The Bertz CT molecular complexity index is 912. The number of nitrogens with zero attached hydrogens (tertiary/aromatic N) is 4. The van der Waals surface area contributed by atoms with Crippen LogP contribution in [0.5, 0.6) is 5.75 Å². The van der Waals surface area contributed by atoms with Crippen LogP contribution in [0, 0.1) is 0 Å². The van der Waals surface area contributed by atoms with Crippen LogP contribution in [0.15, 0.2) is 41.6 Å². The van der Waals surface area contributed by atoms with E-state index in [0.29, 0.717) is 37.5 Å². The van der Waals surface area contributed by atoms with Crippen LogP contribution in [0.2, 0.25) is 0 Å². The van der Waals surface area contributed by atoms with E-state index in [-0.39, 0.29) is 17.5 Å². The molecule has 2 amide bonds. The summed E-state index contributed by atoms with van der Waals surface area (Å²) in [6, 6.07) is 6.83. The third-order valence-electron chi connectivity index (χ3n) is 4.38. The molecule has 1 aromatic heterocycles. The molecule has 0 unspecified atom stereocenters. The minimum Gasteiger partial charge on any atom is -0.497 e. The highest BCUT2D eigenvalue weighted by Gasteiger charge is 2.29. The molecule has 2 aromatic rings. The number of anilines is 1. The molecular formula is C17H23N5O4S. The Hall–Kier alpha value is -2.59. The van der Waals surface area contributed by atoms with Crippen molar-refractivity contribution in [2.24, 2.45) is 7.05 Å². The fourth-order valence-corrected chi connectivity index (χ4v) is 4.38. The van der Waals surface area contributed by atoms with Crippen LogP contribution in [0.4, 0.5) is 10.5 Å². The van der Waals surface area contributed by atoms with Gasteiger partial charge in [-0.15, -0.1) is 0 Å². The fourth-order valence-electron chi connectivity index (χ4n) is 2.92. The van der Waals surface area contributed by atoms with Gasteiger partial charge in [-0.25, -0.2) is 13.2 Å². The van der Waals surface area contributed by atoms with Crippen molar-refractivity contribution in [3.8, 4) is 5.75 Å². The van der Waals surface area contributed by atoms with E-state index in [9.17, 15) is 13.2 Å². The Morgan fingerprint density at radius 1 is 1.22 bits per heavy atom. The number of amides is 2. The quantitative estimate of drug-likeness (QED) is 0.846. The molecule has 0 aliphatic carbocycles. The second-order valence-corrected chi connectivity index (χ2v) is 8.19. The summed E-state index contributed by atoms with van der Waals surface area (Å²) in [5.74, 6) is 0.650. The molecule has 2 heterocycles. The number of aromatic nitrogens is 2. The Balaban J connectivity index is 1.64. The number of hydrogen-bond acceptors (Lipinski definition) is 5. The molecule has 9 nitrogen and oxygen atoms in total. The van der Waals surface area contributed by atoms with Crippen LogP contribution in [-0.2, 0) is 17.1 Å². The molecular weight excluding hydrogens is 370 g/mol. The van der Waals surface area contributed by atoms with E-state index >= 15 is 0 Å². The van der Waals surface area contributed by atoms with Gasteiger partial charge in [0.05, 0.1) is 13.3 Å². The van der Waals surface area contributed by atoms with Crippen LogP contribution >= 0.6 is 0 Å². The lowest BCUT2D eigenvalue weighted by molar-refractivity contribution is 0.214. The third-order valence-corrected chi connectivity index (χ3v) is 6.23. The summed E-state index contributed by atoms with van der Waals surface area (Å²) in [6.07, 6.45) is 3.38. The highest BCUT2D eigenvalue weighted by molar-refractivity contribution is 7.89. The van der Waals surface area contributed by atoms with Crippen LogP contribution < -0.4 is 10.1 Å². The molecule has 1 N–H and O–H groups in total. The number of sulfonamides is 1. The molecule has 1 aromatic carbocycles. The second-order valence-electron chi connectivity index (χ2n) is 6.26. The molecule has 1 saturated heterocycles. The minimum atomic E-state index is -3.61. The number of carbonyl (C=O) groups is 1. The van der Waals surface area contributed by atoms with Gasteiger partial charge in [-0.05, 0) is 18.6 Å². The number of benzene rings is 1. The van der Waals surface area contributed by atoms with Gasteiger partial charge in [-0.3, -0.25) is 4.68 Å². The van der Waals surface area contributed by atoms with Gasteiger partial charge in [0.1, 0.15) is 10.6 Å². The smallest absolute Gasteiger partial charge is 0.321 e. The number of nitrogens with one attached hydrogen (secondary N) is 1. The first kappa shape index (κ1) is 19.2. The van der Waals surface area contributed by atoms with E-state index < -0.39 is 10.0 Å². The average molecular weight is 393 g/mol. The van der Waals surface area contributed by atoms with E-state index in [0.717, 1.165) is 0 Å². The number of ether oxygens (including phenoxy) is 1. The van der Waals surface area contributed by atoms with Crippen LogP contribution in [0.25, 0.3) is 0 Å². The zero-order valence-electron chi connectivity index (χ0n) is 15.3. The minimum absolute atomic E-state index is 0.166. The van der Waals surface area contributed by atoms with Crippen molar-refractivity contribution in [3.63, 3.8) is 0 Å². The van der Waals surface area contributed by atoms with Crippen molar-refractivity contribution in [2.75, 3.05) is 38.6 Å². The molecule has 1 aliphatic heterocycles. The van der Waals surface area contributed by atoms with Crippen molar-refractivity contribution >= 4 is 21.7 Å². The summed E-state index contributed by atoms with van der Waals surface area (Å²) in [5, 5.41) is 6.76. The van der Waals surface area contributed by atoms with Gasteiger partial charge >= 0.3 is 6.03 Å². The standard InChI is InChI=1S/C17H23N5O4S/c1-20-13-16(12-18-20)27(24,25)22-8-4-7-21(9-10-22)17(23)19-14-5-3-6-15(11-14)26-2/h3,5-6,11-13H,4,7-10H2,1-2H3,(H,19,23). The monoisotopic (exact) mass is 393 g/mol. The summed E-state index contributed by atoms with van der Waals surface area (Å²) in [4.78, 5) is 14.3. The van der Waals surface area contributed by atoms with E-state index in [4.69, 9.17) is 4.74 Å². The van der Waals surface area contributed by atoms with Crippen LogP contribution in [0.1, 0.15) is 6.42 Å². The third kappa shape index (κ3) is 4.40.